The Labute approximate surface area is 135 Å². The van der Waals surface area contributed by atoms with Crippen molar-refractivity contribution < 1.29 is 9.90 Å². The zero-order chi connectivity index (χ0) is 15.4. The fourth-order valence-corrected chi connectivity index (χ4v) is 4.27. The maximum Gasteiger partial charge on any atom is 0.257 e. The van der Waals surface area contributed by atoms with Crippen molar-refractivity contribution in [3.05, 3.63) is 23.9 Å². The molecule has 0 aliphatic carbocycles. The Kier molecular flexibility index (Phi) is 4.88. The van der Waals surface area contributed by atoms with Gasteiger partial charge in [-0.15, -0.1) is 0 Å². The van der Waals surface area contributed by atoms with Gasteiger partial charge in [0, 0.05) is 31.6 Å². The van der Waals surface area contributed by atoms with E-state index in [0.29, 0.717) is 17.9 Å². The number of likely N-dealkylation sites (tertiary alicyclic amines) is 1. The van der Waals surface area contributed by atoms with Crippen molar-refractivity contribution in [3.8, 4) is 0 Å². The molecule has 3 heterocycles. The second-order valence-electron chi connectivity index (χ2n) is 6.13. The lowest BCUT2D eigenvalue weighted by atomic mass is 10.0. The summed E-state index contributed by atoms with van der Waals surface area (Å²) in [5.74, 6) is 2.36. The molecule has 3 rings (SSSR count). The van der Waals surface area contributed by atoms with E-state index in [1.165, 1.54) is 6.42 Å². The number of hydrogen-bond donors (Lipinski definition) is 2. The van der Waals surface area contributed by atoms with Gasteiger partial charge in [0.15, 0.2) is 0 Å². The summed E-state index contributed by atoms with van der Waals surface area (Å²) >= 11 is 1.76. The summed E-state index contributed by atoms with van der Waals surface area (Å²) in [4.78, 5) is 18.9. The topological polar surface area (TPSA) is 65.5 Å². The van der Waals surface area contributed by atoms with Crippen LogP contribution in [0.1, 0.15) is 36.0 Å². The minimum atomic E-state index is -0.687. The standard InChI is InChI=1S/C16H23N3O2S/c20-15(19-8-2-1-3-9-19)13-5-4-7-17-14(13)18-11-16(21)6-10-22-12-16/h4-5,7,21H,1-3,6,8-12H2,(H,17,18). The van der Waals surface area contributed by atoms with E-state index in [1.807, 2.05) is 11.0 Å². The third-order valence-corrected chi connectivity index (χ3v) is 5.58. The van der Waals surface area contributed by atoms with Crippen molar-refractivity contribution in [2.45, 2.75) is 31.3 Å². The predicted octanol–water partition coefficient (Wildman–Crippen LogP) is 1.99. The van der Waals surface area contributed by atoms with E-state index in [0.717, 1.165) is 43.9 Å². The highest BCUT2D eigenvalue weighted by molar-refractivity contribution is 7.99. The number of hydrogen-bond acceptors (Lipinski definition) is 5. The summed E-state index contributed by atoms with van der Waals surface area (Å²) in [7, 11) is 0. The number of thioether (sulfide) groups is 1. The molecule has 1 aromatic rings. The molecule has 2 aliphatic heterocycles. The monoisotopic (exact) mass is 321 g/mol. The normalized spacial score (nSPS) is 25.2. The second-order valence-corrected chi connectivity index (χ2v) is 7.24. The van der Waals surface area contributed by atoms with Crippen molar-refractivity contribution in [1.82, 2.24) is 9.88 Å². The van der Waals surface area contributed by atoms with Crippen LogP contribution in [0.25, 0.3) is 0 Å². The van der Waals surface area contributed by atoms with E-state index in [-0.39, 0.29) is 5.91 Å². The molecule has 0 spiro atoms. The summed E-state index contributed by atoms with van der Waals surface area (Å²) in [5.41, 5.74) is -0.0770. The number of nitrogens with one attached hydrogen (secondary N) is 1. The number of amides is 1. The molecule has 2 saturated heterocycles. The second kappa shape index (κ2) is 6.87. The first kappa shape index (κ1) is 15.6. The summed E-state index contributed by atoms with van der Waals surface area (Å²) in [6.07, 6.45) is 5.82. The molecule has 5 nitrogen and oxygen atoms in total. The maximum atomic E-state index is 12.7. The fraction of sp³-hybridized carbons (Fsp3) is 0.625. The molecule has 1 aromatic heterocycles. The third kappa shape index (κ3) is 3.55. The lowest BCUT2D eigenvalue weighted by molar-refractivity contribution is 0.0721. The van der Waals surface area contributed by atoms with Gasteiger partial charge in [-0.25, -0.2) is 4.98 Å². The molecule has 1 amide bonds. The van der Waals surface area contributed by atoms with Crippen molar-refractivity contribution >= 4 is 23.5 Å². The SMILES string of the molecule is O=C(c1cccnc1NCC1(O)CCSC1)N1CCCCC1. The minimum Gasteiger partial charge on any atom is -0.387 e. The quantitative estimate of drug-likeness (QED) is 0.888. The highest BCUT2D eigenvalue weighted by atomic mass is 32.2. The molecular weight excluding hydrogens is 298 g/mol. The van der Waals surface area contributed by atoms with Gasteiger partial charge in [-0.2, -0.15) is 11.8 Å². The van der Waals surface area contributed by atoms with Gasteiger partial charge < -0.3 is 15.3 Å². The Hall–Kier alpha value is -1.27. The van der Waals surface area contributed by atoms with Gasteiger partial charge in [0.1, 0.15) is 5.82 Å². The highest BCUT2D eigenvalue weighted by Gasteiger charge is 2.32. The van der Waals surface area contributed by atoms with Gasteiger partial charge in [-0.05, 0) is 43.6 Å². The molecule has 2 fully saturated rings. The molecule has 0 bridgehead atoms. The number of carbonyl (C=O) groups excluding carboxylic acids is 1. The number of piperidine rings is 1. The summed E-state index contributed by atoms with van der Waals surface area (Å²) in [6, 6.07) is 3.61. The van der Waals surface area contributed by atoms with Gasteiger partial charge in [-0.3, -0.25) is 4.79 Å². The van der Waals surface area contributed by atoms with Gasteiger partial charge in [0.2, 0.25) is 0 Å². The number of rotatable bonds is 4. The van der Waals surface area contributed by atoms with E-state index in [1.54, 1.807) is 24.0 Å². The first-order chi connectivity index (χ1) is 10.7. The molecule has 120 valence electrons. The van der Waals surface area contributed by atoms with Crippen LogP contribution >= 0.6 is 11.8 Å². The Bertz CT molecular complexity index is 526. The van der Waals surface area contributed by atoms with Gasteiger partial charge in [0.05, 0.1) is 11.2 Å². The van der Waals surface area contributed by atoms with Crippen LogP contribution < -0.4 is 5.32 Å². The Balaban J connectivity index is 1.70. The molecule has 0 radical (unpaired) electrons. The Morgan fingerprint density at radius 3 is 2.95 bits per heavy atom. The first-order valence-corrected chi connectivity index (χ1v) is 9.12. The van der Waals surface area contributed by atoms with Crippen LogP contribution in [0.2, 0.25) is 0 Å². The van der Waals surface area contributed by atoms with Crippen LogP contribution in [0.5, 0.6) is 0 Å². The van der Waals surface area contributed by atoms with E-state index < -0.39 is 5.60 Å². The van der Waals surface area contributed by atoms with Crippen molar-refractivity contribution in [2.75, 3.05) is 36.5 Å². The summed E-state index contributed by atoms with van der Waals surface area (Å²) in [5, 5.41) is 13.6. The molecule has 0 saturated carbocycles. The minimum absolute atomic E-state index is 0.0445. The summed E-state index contributed by atoms with van der Waals surface area (Å²) in [6.45, 7) is 2.10. The van der Waals surface area contributed by atoms with Crippen molar-refractivity contribution in [2.24, 2.45) is 0 Å². The fourth-order valence-electron chi connectivity index (χ4n) is 2.97. The van der Waals surface area contributed by atoms with Crippen LogP contribution in [0.15, 0.2) is 18.3 Å². The molecule has 1 atom stereocenters. The molecule has 2 aliphatic rings. The van der Waals surface area contributed by atoms with E-state index in [9.17, 15) is 9.90 Å². The van der Waals surface area contributed by atoms with Crippen LogP contribution in [-0.4, -0.2) is 57.6 Å². The van der Waals surface area contributed by atoms with Crippen LogP contribution in [0.4, 0.5) is 5.82 Å². The zero-order valence-electron chi connectivity index (χ0n) is 12.8. The number of anilines is 1. The molecule has 0 aromatic carbocycles. The van der Waals surface area contributed by atoms with Crippen LogP contribution in [0.3, 0.4) is 0 Å². The molecule has 6 heteroatoms. The van der Waals surface area contributed by atoms with Crippen LogP contribution in [0, 0.1) is 0 Å². The van der Waals surface area contributed by atoms with Gasteiger partial charge in [-0.1, -0.05) is 0 Å². The largest absolute Gasteiger partial charge is 0.387 e. The highest BCUT2D eigenvalue weighted by Crippen LogP contribution is 2.28. The van der Waals surface area contributed by atoms with E-state index in [4.69, 9.17) is 0 Å². The molecular formula is C16H23N3O2S. The van der Waals surface area contributed by atoms with Gasteiger partial charge >= 0.3 is 0 Å². The average molecular weight is 321 g/mol. The lowest BCUT2D eigenvalue weighted by Gasteiger charge is -2.28. The number of aromatic nitrogens is 1. The predicted molar refractivity (Wildman–Crippen MR) is 89.4 cm³/mol. The third-order valence-electron chi connectivity index (χ3n) is 4.35. The van der Waals surface area contributed by atoms with Crippen molar-refractivity contribution in [1.29, 1.82) is 0 Å². The molecule has 2 N–H and O–H groups in total. The molecule has 22 heavy (non-hydrogen) atoms. The summed E-state index contributed by atoms with van der Waals surface area (Å²) < 4.78 is 0. The maximum absolute atomic E-state index is 12.7. The van der Waals surface area contributed by atoms with E-state index >= 15 is 0 Å². The number of pyridine rings is 1. The lowest BCUT2D eigenvalue weighted by Crippen LogP contribution is -2.38. The Morgan fingerprint density at radius 1 is 1.41 bits per heavy atom. The number of nitrogens with zero attached hydrogens (tertiary/aromatic N) is 2. The Morgan fingerprint density at radius 2 is 2.23 bits per heavy atom. The smallest absolute Gasteiger partial charge is 0.257 e. The first-order valence-electron chi connectivity index (χ1n) is 7.96. The van der Waals surface area contributed by atoms with Crippen molar-refractivity contribution in [3.63, 3.8) is 0 Å². The van der Waals surface area contributed by atoms with Crippen LogP contribution in [-0.2, 0) is 0 Å². The van der Waals surface area contributed by atoms with E-state index in [2.05, 4.69) is 10.3 Å². The zero-order valence-corrected chi connectivity index (χ0v) is 13.6. The number of aliphatic hydroxyl groups is 1. The number of carbonyl (C=O) groups is 1. The average Bonchev–Trinajstić information content (AvgIpc) is 3.00. The molecule has 1 unspecified atom stereocenters. The van der Waals surface area contributed by atoms with Gasteiger partial charge in [0.25, 0.3) is 5.91 Å².